The first-order valence-corrected chi connectivity index (χ1v) is 17.1. The van der Waals surface area contributed by atoms with E-state index >= 15 is 0 Å². The standard InChI is InChI=1S/C34H61N5O9/c1-32(2,3)46-28(41)23-36-16-14-35(22-27(40)39-12-10-26(11-13-39)31(44)45)15-17-37(24-29(42)47-33(4,5)6)19-21-38(20-18-36)25-30(43)48-34(7,8)9/h26H,10-25H2,1-9H3,(H,44,45). The number of carbonyl (C=O) groups is 5. The number of esters is 3. The lowest BCUT2D eigenvalue weighted by atomic mass is 9.97. The van der Waals surface area contributed by atoms with Crippen molar-refractivity contribution >= 4 is 29.8 Å². The molecule has 276 valence electrons. The van der Waals surface area contributed by atoms with E-state index in [2.05, 4.69) is 0 Å². The van der Waals surface area contributed by atoms with Crippen LogP contribution in [0.2, 0.25) is 0 Å². The monoisotopic (exact) mass is 683 g/mol. The van der Waals surface area contributed by atoms with E-state index in [1.165, 1.54) is 0 Å². The zero-order valence-electron chi connectivity index (χ0n) is 30.8. The Balaban J connectivity index is 2.27. The van der Waals surface area contributed by atoms with Gasteiger partial charge in [0.25, 0.3) is 0 Å². The van der Waals surface area contributed by atoms with Crippen LogP contribution >= 0.6 is 0 Å². The topological polar surface area (TPSA) is 149 Å². The molecule has 0 aromatic carbocycles. The van der Waals surface area contributed by atoms with Gasteiger partial charge in [0.2, 0.25) is 5.91 Å². The van der Waals surface area contributed by atoms with Gasteiger partial charge in [0.05, 0.1) is 32.1 Å². The largest absolute Gasteiger partial charge is 0.481 e. The Kier molecular flexibility index (Phi) is 15.7. The number of rotatable bonds is 9. The summed E-state index contributed by atoms with van der Waals surface area (Å²) in [5, 5.41) is 9.37. The van der Waals surface area contributed by atoms with E-state index < -0.39 is 28.7 Å². The number of ether oxygens (including phenoxy) is 3. The van der Waals surface area contributed by atoms with Gasteiger partial charge in [0.15, 0.2) is 0 Å². The van der Waals surface area contributed by atoms with Crippen molar-refractivity contribution in [2.45, 2.75) is 92.0 Å². The molecule has 14 heteroatoms. The molecule has 2 aliphatic rings. The number of nitrogens with zero attached hydrogens (tertiary/aromatic N) is 5. The highest BCUT2D eigenvalue weighted by atomic mass is 16.6. The fourth-order valence-electron chi connectivity index (χ4n) is 5.55. The molecule has 0 radical (unpaired) electrons. The second-order valence-corrected chi connectivity index (χ2v) is 15.9. The molecule has 0 aromatic rings. The third-order valence-electron chi connectivity index (χ3n) is 7.80. The molecule has 1 N–H and O–H groups in total. The van der Waals surface area contributed by atoms with Crippen molar-refractivity contribution in [1.82, 2.24) is 24.5 Å². The molecule has 14 nitrogen and oxygen atoms in total. The van der Waals surface area contributed by atoms with Gasteiger partial charge in [-0.1, -0.05) is 0 Å². The average Bonchev–Trinajstić information content (AvgIpc) is 2.91. The maximum atomic E-state index is 13.4. The van der Waals surface area contributed by atoms with Gasteiger partial charge in [-0.3, -0.25) is 43.6 Å². The Hall–Kier alpha value is -2.81. The summed E-state index contributed by atoms with van der Waals surface area (Å²) in [7, 11) is 0. The highest BCUT2D eigenvalue weighted by molar-refractivity contribution is 5.79. The molecule has 1 amide bonds. The summed E-state index contributed by atoms with van der Waals surface area (Å²) in [6, 6.07) is 0. The lowest BCUT2D eigenvalue weighted by Crippen LogP contribution is -2.51. The Morgan fingerprint density at radius 2 is 0.771 bits per heavy atom. The second-order valence-electron chi connectivity index (χ2n) is 15.9. The minimum absolute atomic E-state index is 0.0484. The van der Waals surface area contributed by atoms with Crippen LogP contribution in [0.5, 0.6) is 0 Å². The quantitative estimate of drug-likeness (QED) is 0.277. The summed E-state index contributed by atoms with van der Waals surface area (Å²) < 4.78 is 16.8. The van der Waals surface area contributed by atoms with Crippen molar-refractivity contribution in [3.05, 3.63) is 0 Å². The number of hydrogen-bond acceptors (Lipinski definition) is 12. The van der Waals surface area contributed by atoms with Crippen LogP contribution in [0.15, 0.2) is 0 Å². The molecule has 0 atom stereocenters. The van der Waals surface area contributed by atoms with E-state index in [0.717, 1.165) is 0 Å². The maximum absolute atomic E-state index is 13.4. The third kappa shape index (κ3) is 17.5. The van der Waals surface area contributed by atoms with Crippen LogP contribution in [-0.2, 0) is 38.2 Å². The minimum Gasteiger partial charge on any atom is -0.481 e. The summed E-state index contributed by atoms with van der Waals surface area (Å²) in [5.74, 6) is -2.42. The smallest absolute Gasteiger partial charge is 0.320 e. The van der Waals surface area contributed by atoms with Crippen LogP contribution in [0.1, 0.15) is 75.2 Å². The highest BCUT2D eigenvalue weighted by Crippen LogP contribution is 2.18. The average molecular weight is 684 g/mol. The first kappa shape index (κ1) is 41.4. The van der Waals surface area contributed by atoms with E-state index in [1.807, 2.05) is 81.9 Å². The molecule has 0 saturated carbocycles. The molecule has 2 saturated heterocycles. The van der Waals surface area contributed by atoms with Gasteiger partial charge in [-0.25, -0.2) is 0 Å². The van der Waals surface area contributed by atoms with Crippen LogP contribution in [0.4, 0.5) is 0 Å². The van der Waals surface area contributed by atoms with Gasteiger partial charge in [-0.05, 0) is 75.2 Å². The van der Waals surface area contributed by atoms with Crippen LogP contribution in [0, 0.1) is 5.92 Å². The Bertz CT molecular complexity index is 1040. The zero-order chi connectivity index (χ0) is 36.3. The summed E-state index contributed by atoms with van der Waals surface area (Å²) in [4.78, 5) is 73.1. The zero-order valence-corrected chi connectivity index (χ0v) is 30.8. The molecule has 2 fully saturated rings. The fourth-order valence-corrected chi connectivity index (χ4v) is 5.55. The Morgan fingerprint density at radius 1 is 0.500 bits per heavy atom. The SMILES string of the molecule is CC(C)(C)OC(=O)CN1CCN(CC(=O)OC(C)(C)C)CCN(CC(=O)N2CCC(C(=O)O)CC2)CCN(CC(=O)OC(C)(C)C)CC1. The highest BCUT2D eigenvalue weighted by Gasteiger charge is 2.29. The minimum atomic E-state index is -0.829. The van der Waals surface area contributed by atoms with Crippen molar-refractivity contribution in [1.29, 1.82) is 0 Å². The number of amides is 1. The Labute approximate surface area is 287 Å². The van der Waals surface area contributed by atoms with E-state index in [1.54, 1.807) is 4.90 Å². The molecule has 0 unspecified atom stereocenters. The number of aliphatic carboxylic acids is 1. The van der Waals surface area contributed by atoms with Gasteiger partial charge in [0, 0.05) is 65.4 Å². The van der Waals surface area contributed by atoms with Gasteiger partial charge < -0.3 is 24.2 Å². The predicted octanol–water partition coefficient (Wildman–Crippen LogP) is 1.56. The number of likely N-dealkylation sites (tertiary alicyclic amines) is 1. The van der Waals surface area contributed by atoms with Crippen molar-refractivity contribution < 1.29 is 43.3 Å². The molecule has 2 heterocycles. The third-order valence-corrected chi connectivity index (χ3v) is 7.80. The lowest BCUT2D eigenvalue weighted by Gasteiger charge is -2.35. The van der Waals surface area contributed by atoms with Crippen molar-refractivity contribution in [2.24, 2.45) is 5.92 Å². The molecule has 0 aromatic heterocycles. The Morgan fingerprint density at radius 3 is 1.02 bits per heavy atom. The first-order valence-electron chi connectivity index (χ1n) is 17.1. The maximum Gasteiger partial charge on any atom is 0.320 e. The first-order chi connectivity index (χ1) is 22.1. The molecule has 0 spiro atoms. The predicted molar refractivity (Wildman–Crippen MR) is 180 cm³/mol. The van der Waals surface area contributed by atoms with Crippen LogP contribution in [0.25, 0.3) is 0 Å². The summed E-state index contributed by atoms with van der Waals surface area (Å²) in [6.45, 7) is 21.1. The molecule has 2 rings (SSSR count). The van der Waals surface area contributed by atoms with Crippen LogP contribution in [-0.4, -0.2) is 168 Å². The number of piperidine rings is 1. The van der Waals surface area contributed by atoms with E-state index in [4.69, 9.17) is 14.2 Å². The number of carbonyl (C=O) groups excluding carboxylic acids is 4. The fraction of sp³-hybridized carbons (Fsp3) is 0.853. The van der Waals surface area contributed by atoms with Crippen molar-refractivity contribution in [2.75, 3.05) is 91.6 Å². The van der Waals surface area contributed by atoms with Gasteiger partial charge in [-0.15, -0.1) is 0 Å². The van der Waals surface area contributed by atoms with Gasteiger partial charge in [-0.2, -0.15) is 0 Å². The molecule has 48 heavy (non-hydrogen) atoms. The second kappa shape index (κ2) is 18.3. The molecule has 2 aliphatic heterocycles. The summed E-state index contributed by atoms with van der Waals surface area (Å²) >= 11 is 0. The normalized spacial score (nSPS) is 19.6. The molecule has 0 aliphatic carbocycles. The summed E-state index contributed by atoms with van der Waals surface area (Å²) in [6.07, 6.45) is 0.850. The molecular formula is C34H61N5O9. The number of carboxylic acids is 1. The van der Waals surface area contributed by atoms with E-state index in [0.29, 0.717) is 78.3 Å². The van der Waals surface area contributed by atoms with Crippen molar-refractivity contribution in [3.8, 4) is 0 Å². The molecule has 0 bridgehead atoms. The van der Waals surface area contributed by atoms with Crippen molar-refractivity contribution in [3.63, 3.8) is 0 Å². The molecular weight excluding hydrogens is 622 g/mol. The van der Waals surface area contributed by atoms with Gasteiger partial charge >= 0.3 is 23.9 Å². The number of hydrogen-bond donors (Lipinski definition) is 1. The lowest BCUT2D eigenvalue weighted by molar-refractivity contribution is -0.158. The summed E-state index contributed by atoms with van der Waals surface area (Å²) in [5.41, 5.74) is -1.92. The van der Waals surface area contributed by atoms with Crippen LogP contribution in [0.3, 0.4) is 0 Å². The van der Waals surface area contributed by atoms with E-state index in [9.17, 15) is 29.1 Å². The van der Waals surface area contributed by atoms with Crippen LogP contribution < -0.4 is 0 Å². The van der Waals surface area contributed by atoms with E-state index in [-0.39, 0.29) is 50.0 Å². The number of carboxylic acid groups (broad SMARTS) is 1. The van der Waals surface area contributed by atoms with Gasteiger partial charge in [0.1, 0.15) is 16.8 Å².